The largest absolute Gasteiger partial charge is 0.325 e. The Labute approximate surface area is 179 Å². The summed E-state index contributed by atoms with van der Waals surface area (Å²) >= 11 is 7.10. The minimum Gasteiger partial charge on any atom is -0.325 e. The fourth-order valence-electron chi connectivity index (χ4n) is 2.76. The molecular weight excluding hydrogens is 456 g/mol. The van der Waals surface area contributed by atoms with E-state index in [4.69, 9.17) is 11.6 Å². The summed E-state index contributed by atoms with van der Waals surface area (Å²) in [5.74, 6) is 0.0293. The number of hydrogen-bond donors (Lipinski definition) is 2. The van der Waals surface area contributed by atoms with Crippen LogP contribution in [0.3, 0.4) is 0 Å². The van der Waals surface area contributed by atoms with Crippen LogP contribution in [0.25, 0.3) is 0 Å². The Bertz CT molecular complexity index is 1100. The third-order valence-electron chi connectivity index (χ3n) is 4.17. The summed E-state index contributed by atoms with van der Waals surface area (Å²) in [6.45, 7) is 0. The Kier molecular flexibility index (Phi) is 6.77. The number of rotatable bonds is 7. The zero-order valence-corrected chi connectivity index (χ0v) is 18.4. The Morgan fingerprint density at radius 2 is 1.86 bits per heavy atom. The molecule has 7 nitrogen and oxygen atoms in total. The third kappa shape index (κ3) is 6.36. The van der Waals surface area contributed by atoms with Crippen molar-refractivity contribution in [3.63, 3.8) is 0 Å². The van der Waals surface area contributed by atoms with Gasteiger partial charge in [-0.3, -0.25) is 9.52 Å². The van der Waals surface area contributed by atoms with E-state index in [-0.39, 0.29) is 33.3 Å². The minimum absolute atomic E-state index is 0.000195. The smallest absolute Gasteiger partial charge is 0.261 e. The molecule has 1 unspecified atom stereocenters. The summed E-state index contributed by atoms with van der Waals surface area (Å²) in [7, 11) is -6.83. The van der Waals surface area contributed by atoms with E-state index >= 15 is 0 Å². The first-order chi connectivity index (χ1) is 13.6. The molecule has 0 aliphatic carbocycles. The maximum atomic E-state index is 12.6. The summed E-state index contributed by atoms with van der Waals surface area (Å²) in [6.07, 6.45) is 0.546. The molecule has 2 N–H and O–H groups in total. The Morgan fingerprint density at radius 1 is 1.14 bits per heavy atom. The lowest BCUT2D eigenvalue weighted by Gasteiger charge is -2.11. The number of hydrogen-bond acceptors (Lipinski definition) is 6. The van der Waals surface area contributed by atoms with Crippen LogP contribution in [0, 0.1) is 0 Å². The van der Waals surface area contributed by atoms with E-state index in [1.165, 1.54) is 30.0 Å². The van der Waals surface area contributed by atoms with Crippen LogP contribution < -0.4 is 10.0 Å². The second-order valence-corrected chi connectivity index (χ2v) is 12.2. The lowest BCUT2D eigenvalue weighted by molar-refractivity contribution is -0.113. The number of carbonyl (C=O) groups excluding carboxylic acids is 1. The monoisotopic (exact) mass is 474 g/mol. The normalized spacial score (nSPS) is 18.3. The van der Waals surface area contributed by atoms with Crippen molar-refractivity contribution >= 4 is 60.5 Å². The Morgan fingerprint density at radius 3 is 2.52 bits per heavy atom. The van der Waals surface area contributed by atoms with Gasteiger partial charge in [-0.05, 0) is 48.9 Å². The first-order valence-corrected chi connectivity index (χ1v) is 13.4. The summed E-state index contributed by atoms with van der Waals surface area (Å²) < 4.78 is 50.5. The molecule has 11 heteroatoms. The first-order valence-electron chi connectivity index (χ1n) is 8.63. The van der Waals surface area contributed by atoms with E-state index in [1.54, 1.807) is 30.3 Å². The number of amides is 1. The number of benzene rings is 2. The van der Waals surface area contributed by atoms with E-state index in [9.17, 15) is 21.6 Å². The quantitative estimate of drug-likeness (QED) is 0.638. The molecule has 0 aromatic heterocycles. The summed E-state index contributed by atoms with van der Waals surface area (Å²) in [5.41, 5.74) is 0.709. The Balaban J connectivity index is 1.61. The van der Waals surface area contributed by atoms with Gasteiger partial charge in [-0.25, -0.2) is 16.8 Å². The van der Waals surface area contributed by atoms with Crippen LogP contribution in [0.2, 0.25) is 5.02 Å². The third-order valence-corrected chi connectivity index (χ3v) is 9.08. The molecule has 1 amide bonds. The molecule has 0 spiro atoms. The number of sulfone groups is 1. The highest BCUT2D eigenvalue weighted by molar-refractivity contribution is 8.02. The second-order valence-electron chi connectivity index (χ2n) is 6.52. The maximum absolute atomic E-state index is 12.6. The van der Waals surface area contributed by atoms with Gasteiger partial charge in [-0.2, -0.15) is 0 Å². The van der Waals surface area contributed by atoms with E-state index in [1.807, 2.05) is 0 Å². The van der Waals surface area contributed by atoms with Crippen molar-refractivity contribution in [3.8, 4) is 0 Å². The highest BCUT2D eigenvalue weighted by Crippen LogP contribution is 2.25. The molecule has 1 aliphatic rings. The van der Waals surface area contributed by atoms with Gasteiger partial charge in [0.2, 0.25) is 5.91 Å². The molecular formula is C18H19ClN2O5S3. The predicted octanol–water partition coefficient (Wildman–Crippen LogP) is 3.00. The minimum atomic E-state index is -3.84. The Hall–Kier alpha value is -1.75. The highest BCUT2D eigenvalue weighted by atomic mass is 35.5. The van der Waals surface area contributed by atoms with E-state index in [0.717, 1.165) is 0 Å². The van der Waals surface area contributed by atoms with Gasteiger partial charge in [-0.15, -0.1) is 11.8 Å². The van der Waals surface area contributed by atoms with Gasteiger partial charge < -0.3 is 5.32 Å². The van der Waals surface area contributed by atoms with Crippen molar-refractivity contribution in [2.45, 2.75) is 16.6 Å². The second kappa shape index (κ2) is 8.95. The number of nitrogens with one attached hydrogen (secondary N) is 2. The molecule has 1 aliphatic heterocycles. The number of sulfonamides is 1. The average molecular weight is 475 g/mol. The molecule has 2 aromatic carbocycles. The van der Waals surface area contributed by atoms with Crippen molar-refractivity contribution in [2.75, 3.05) is 27.3 Å². The zero-order chi connectivity index (χ0) is 21.1. The van der Waals surface area contributed by atoms with Crippen molar-refractivity contribution in [2.24, 2.45) is 0 Å². The van der Waals surface area contributed by atoms with Gasteiger partial charge in [-0.1, -0.05) is 17.7 Å². The lowest BCUT2D eigenvalue weighted by atomic mass is 10.3. The molecule has 1 atom stereocenters. The maximum Gasteiger partial charge on any atom is 0.261 e. The van der Waals surface area contributed by atoms with Crippen LogP contribution in [-0.4, -0.2) is 45.3 Å². The molecule has 1 heterocycles. The molecule has 3 rings (SSSR count). The number of anilines is 2. The predicted molar refractivity (Wildman–Crippen MR) is 117 cm³/mol. The van der Waals surface area contributed by atoms with Crippen molar-refractivity contribution in [1.82, 2.24) is 0 Å². The molecule has 0 saturated carbocycles. The van der Waals surface area contributed by atoms with Crippen LogP contribution in [0.4, 0.5) is 11.4 Å². The molecule has 1 saturated heterocycles. The fraction of sp³-hybridized carbons (Fsp3) is 0.278. The van der Waals surface area contributed by atoms with Crippen molar-refractivity contribution in [3.05, 3.63) is 53.6 Å². The van der Waals surface area contributed by atoms with Gasteiger partial charge in [0.15, 0.2) is 9.84 Å². The summed E-state index contributed by atoms with van der Waals surface area (Å²) in [6, 6.07) is 12.1. The topological polar surface area (TPSA) is 109 Å². The van der Waals surface area contributed by atoms with Gasteiger partial charge in [0.25, 0.3) is 10.0 Å². The van der Waals surface area contributed by atoms with E-state index < -0.39 is 19.9 Å². The fourth-order valence-corrected chi connectivity index (χ4v) is 7.43. The molecule has 2 aromatic rings. The van der Waals surface area contributed by atoms with E-state index in [0.29, 0.717) is 22.8 Å². The number of carbonyl (C=O) groups is 1. The average Bonchev–Trinajstić information content (AvgIpc) is 3.01. The molecule has 1 fully saturated rings. The summed E-state index contributed by atoms with van der Waals surface area (Å²) in [5, 5.41) is 3.06. The molecule has 29 heavy (non-hydrogen) atoms. The van der Waals surface area contributed by atoms with Crippen molar-refractivity contribution in [1.29, 1.82) is 0 Å². The first kappa shape index (κ1) is 21.9. The molecule has 0 bridgehead atoms. The van der Waals surface area contributed by atoms with Crippen LogP contribution in [0.1, 0.15) is 6.42 Å². The lowest BCUT2D eigenvalue weighted by Crippen LogP contribution is -2.18. The number of halogens is 1. The van der Waals surface area contributed by atoms with Crippen LogP contribution >= 0.6 is 23.4 Å². The standard InChI is InChI=1S/C18H19ClN2O5S3/c19-13-4-6-14(7-5-13)21-29(25,26)17-3-1-2-15(10-17)20-18(22)11-27-16-8-9-28(23,24)12-16/h1-7,10,16,21H,8-9,11-12H2,(H,20,22). The summed E-state index contributed by atoms with van der Waals surface area (Å²) in [4.78, 5) is 12.2. The van der Waals surface area contributed by atoms with Gasteiger partial charge in [0.1, 0.15) is 0 Å². The number of thioether (sulfide) groups is 1. The molecule has 156 valence electrons. The van der Waals surface area contributed by atoms with Crippen molar-refractivity contribution < 1.29 is 21.6 Å². The van der Waals surface area contributed by atoms with E-state index in [2.05, 4.69) is 10.0 Å². The highest BCUT2D eigenvalue weighted by Gasteiger charge is 2.28. The van der Waals surface area contributed by atoms with Gasteiger partial charge in [0.05, 0.1) is 22.2 Å². The van der Waals surface area contributed by atoms with Gasteiger partial charge >= 0.3 is 0 Å². The van der Waals surface area contributed by atoms with Crippen LogP contribution in [-0.2, 0) is 24.7 Å². The van der Waals surface area contributed by atoms with Crippen LogP contribution in [0.15, 0.2) is 53.4 Å². The molecule has 0 radical (unpaired) electrons. The zero-order valence-electron chi connectivity index (χ0n) is 15.2. The SMILES string of the molecule is O=C(CSC1CCS(=O)(=O)C1)Nc1cccc(S(=O)(=O)Nc2ccc(Cl)cc2)c1. The van der Waals surface area contributed by atoms with Crippen LogP contribution in [0.5, 0.6) is 0 Å². The van der Waals surface area contributed by atoms with Gasteiger partial charge in [0, 0.05) is 21.6 Å².